The molecule has 0 aliphatic rings. The minimum absolute atomic E-state index is 0.0794. The third kappa shape index (κ3) is 5.95. The second-order valence-electron chi connectivity index (χ2n) is 7.02. The van der Waals surface area contributed by atoms with Crippen LogP contribution in [0.15, 0.2) is 78.9 Å². The second-order valence-corrected chi connectivity index (χ2v) is 7.02. The van der Waals surface area contributed by atoms with E-state index in [2.05, 4.69) is 17.6 Å². The van der Waals surface area contributed by atoms with E-state index in [0.29, 0.717) is 17.0 Å². The van der Waals surface area contributed by atoms with Crippen molar-refractivity contribution in [2.45, 2.75) is 26.3 Å². The third-order valence-electron chi connectivity index (χ3n) is 4.75. The smallest absolute Gasteiger partial charge is 0.262 e. The first-order valence-electron chi connectivity index (χ1n) is 10.0. The van der Waals surface area contributed by atoms with Gasteiger partial charge >= 0.3 is 0 Å². The highest BCUT2D eigenvalue weighted by Gasteiger charge is 2.11. The van der Waals surface area contributed by atoms with Crippen molar-refractivity contribution in [3.05, 3.63) is 95.6 Å². The van der Waals surface area contributed by atoms with Crippen LogP contribution in [0.4, 0.5) is 5.69 Å². The van der Waals surface area contributed by atoms with Crippen LogP contribution in [0.5, 0.6) is 5.75 Å². The van der Waals surface area contributed by atoms with Gasteiger partial charge in [0.2, 0.25) is 0 Å². The Morgan fingerprint density at radius 1 is 0.933 bits per heavy atom. The molecule has 0 saturated carbocycles. The van der Waals surface area contributed by atoms with Crippen molar-refractivity contribution < 1.29 is 14.3 Å². The fourth-order valence-corrected chi connectivity index (χ4v) is 3.01. The van der Waals surface area contributed by atoms with Crippen LogP contribution >= 0.6 is 0 Å². The molecule has 1 atom stereocenters. The van der Waals surface area contributed by atoms with E-state index in [9.17, 15) is 9.59 Å². The summed E-state index contributed by atoms with van der Waals surface area (Å²) in [5, 5.41) is 5.75. The van der Waals surface area contributed by atoms with E-state index in [1.807, 2.05) is 61.5 Å². The standard InChI is InChI=1S/C25H26N2O3/c1-3-19-8-7-11-23(16-19)30-17-24(28)27-22-14-12-21(13-15-22)25(29)26-18(2)20-9-5-4-6-10-20/h4-16,18H,3,17H2,1-2H3,(H,26,29)(H,27,28). The van der Waals surface area contributed by atoms with Gasteiger partial charge in [-0.3, -0.25) is 9.59 Å². The van der Waals surface area contributed by atoms with Crippen LogP contribution in [0.25, 0.3) is 0 Å². The van der Waals surface area contributed by atoms with Crippen LogP contribution in [0.2, 0.25) is 0 Å². The lowest BCUT2D eigenvalue weighted by Crippen LogP contribution is -2.26. The molecular formula is C25H26N2O3. The topological polar surface area (TPSA) is 67.4 Å². The van der Waals surface area contributed by atoms with Gasteiger partial charge in [0.05, 0.1) is 6.04 Å². The van der Waals surface area contributed by atoms with E-state index in [1.54, 1.807) is 24.3 Å². The molecule has 3 rings (SSSR count). The Balaban J connectivity index is 1.51. The molecule has 0 aliphatic heterocycles. The van der Waals surface area contributed by atoms with Gasteiger partial charge in [-0.05, 0) is 60.9 Å². The molecule has 0 spiro atoms. The SMILES string of the molecule is CCc1cccc(OCC(=O)Nc2ccc(C(=O)NC(C)c3ccccc3)cc2)c1. The average molecular weight is 402 g/mol. The van der Waals surface area contributed by atoms with Crippen LogP contribution in [0, 0.1) is 0 Å². The first kappa shape index (κ1) is 21.1. The van der Waals surface area contributed by atoms with Crippen molar-refractivity contribution in [3.63, 3.8) is 0 Å². The summed E-state index contributed by atoms with van der Waals surface area (Å²) in [6.07, 6.45) is 0.910. The van der Waals surface area contributed by atoms with Crippen LogP contribution in [-0.4, -0.2) is 18.4 Å². The molecule has 2 N–H and O–H groups in total. The number of aryl methyl sites for hydroxylation is 1. The van der Waals surface area contributed by atoms with Gasteiger partial charge in [-0.1, -0.05) is 49.4 Å². The molecular weight excluding hydrogens is 376 g/mol. The van der Waals surface area contributed by atoms with Crippen LogP contribution in [0.3, 0.4) is 0 Å². The summed E-state index contributed by atoms with van der Waals surface area (Å²) in [5.41, 5.74) is 3.34. The Hall–Kier alpha value is -3.60. The van der Waals surface area contributed by atoms with Crippen molar-refractivity contribution in [2.75, 3.05) is 11.9 Å². The Morgan fingerprint density at radius 2 is 1.67 bits per heavy atom. The highest BCUT2D eigenvalue weighted by molar-refractivity contribution is 5.96. The molecule has 0 aromatic heterocycles. The number of carbonyl (C=O) groups is 2. The van der Waals surface area contributed by atoms with E-state index in [4.69, 9.17) is 4.74 Å². The molecule has 0 aliphatic carbocycles. The zero-order valence-electron chi connectivity index (χ0n) is 17.2. The van der Waals surface area contributed by atoms with Gasteiger partial charge in [0.1, 0.15) is 5.75 Å². The maximum atomic E-state index is 12.5. The lowest BCUT2D eigenvalue weighted by atomic mass is 10.1. The lowest BCUT2D eigenvalue weighted by Gasteiger charge is -2.14. The lowest BCUT2D eigenvalue weighted by molar-refractivity contribution is -0.118. The Kier molecular flexibility index (Phi) is 7.22. The number of carbonyl (C=O) groups excluding carboxylic acids is 2. The molecule has 1 unspecified atom stereocenters. The minimum Gasteiger partial charge on any atom is -0.484 e. The zero-order chi connectivity index (χ0) is 21.3. The van der Waals surface area contributed by atoms with Crippen molar-refractivity contribution in [2.24, 2.45) is 0 Å². The van der Waals surface area contributed by atoms with Gasteiger partial charge in [0.15, 0.2) is 6.61 Å². The number of ether oxygens (including phenoxy) is 1. The molecule has 5 nitrogen and oxygen atoms in total. The molecule has 30 heavy (non-hydrogen) atoms. The monoisotopic (exact) mass is 402 g/mol. The van der Waals surface area contributed by atoms with E-state index >= 15 is 0 Å². The fraction of sp³-hybridized carbons (Fsp3) is 0.200. The van der Waals surface area contributed by atoms with Crippen LogP contribution < -0.4 is 15.4 Å². The van der Waals surface area contributed by atoms with E-state index in [-0.39, 0.29) is 24.5 Å². The molecule has 0 heterocycles. The molecule has 0 radical (unpaired) electrons. The number of hydrogen-bond donors (Lipinski definition) is 2. The van der Waals surface area contributed by atoms with Crippen LogP contribution in [0.1, 0.15) is 41.4 Å². The third-order valence-corrected chi connectivity index (χ3v) is 4.75. The summed E-state index contributed by atoms with van der Waals surface area (Å²) >= 11 is 0. The van der Waals surface area contributed by atoms with Gasteiger partial charge in [-0.2, -0.15) is 0 Å². The number of amides is 2. The first-order valence-corrected chi connectivity index (χ1v) is 10.0. The summed E-state index contributed by atoms with van der Waals surface area (Å²) < 4.78 is 5.55. The summed E-state index contributed by atoms with van der Waals surface area (Å²) in [5.74, 6) is 0.249. The fourth-order valence-electron chi connectivity index (χ4n) is 3.01. The summed E-state index contributed by atoms with van der Waals surface area (Å²) in [4.78, 5) is 24.6. The predicted octanol–water partition coefficient (Wildman–Crippen LogP) is 4.76. The molecule has 5 heteroatoms. The maximum Gasteiger partial charge on any atom is 0.262 e. The molecule has 2 amide bonds. The van der Waals surface area contributed by atoms with Gasteiger partial charge in [0.25, 0.3) is 11.8 Å². The van der Waals surface area contributed by atoms with Crippen molar-refractivity contribution in [1.29, 1.82) is 0 Å². The normalized spacial score (nSPS) is 11.4. The van der Waals surface area contributed by atoms with E-state index in [0.717, 1.165) is 17.5 Å². The molecule has 0 bridgehead atoms. The van der Waals surface area contributed by atoms with E-state index < -0.39 is 0 Å². The predicted molar refractivity (Wildman–Crippen MR) is 119 cm³/mol. The Labute approximate surface area is 177 Å². The van der Waals surface area contributed by atoms with E-state index in [1.165, 1.54) is 0 Å². The number of rotatable bonds is 8. The molecule has 0 fully saturated rings. The highest BCUT2D eigenvalue weighted by atomic mass is 16.5. The Morgan fingerprint density at radius 3 is 2.37 bits per heavy atom. The molecule has 3 aromatic rings. The van der Waals surface area contributed by atoms with Crippen molar-refractivity contribution in [3.8, 4) is 5.75 Å². The van der Waals surface area contributed by atoms with Gasteiger partial charge in [0, 0.05) is 11.3 Å². The molecule has 0 saturated heterocycles. The quantitative estimate of drug-likeness (QED) is 0.571. The number of anilines is 1. The minimum atomic E-state index is -0.258. The Bertz CT molecular complexity index is 985. The number of benzene rings is 3. The van der Waals surface area contributed by atoms with Gasteiger partial charge in [-0.15, -0.1) is 0 Å². The highest BCUT2D eigenvalue weighted by Crippen LogP contribution is 2.15. The van der Waals surface area contributed by atoms with Crippen LogP contribution in [-0.2, 0) is 11.2 Å². The first-order chi connectivity index (χ1) is 14.5. The van der Waals surface area contributed by atoms with Crippen molar-refractivity contribution in [1.82, 2.24) is 5.32 Å². The van der Waals surface area contributed by atoms with Gasteiger partial charge < -0.3 is 15.4 Å². The summed E-state index contributed by atoms with van der Waals surface area (Å²) in [6, 6.07) is 24.2. The molecule has 154 valence electrons. The zero-order valence-corrected chi connectivity index (χ0v) is 17.2. The van der Waals surface area contributed by atoms with Gasteiger partial charge in [-0.25, -0.2) is 0 Å². The molecule has 3 aromatic carbocycles. The summed E-state index contributed by atoms with van der Waals surface area (Å²) in [6.45, 7) is 3.93. The number of nitrogens with one attached hydrogen (secondary N) is 2. The average Bonchev–Trinajstić information content (AvgIpc) is 2.79. The summed E-state index contributed by atoms with van der Waals surface area (Å²) in [7, 11) is 0. The maximum absolute atomic E-state index is 12.5. The largest absolute Gasteiger partial charge is 0.484 e. The second kappa shape index (κ2) is 10.3. The van der Waals surface area contributed by atoms with Crippen molar-refractivity contribution >= 4 is 17.5 Å². The number of hydrogen-bond acceptors (Lipinski definition) is 3.